The minimum Gasteiger partial charge on any atom is -0.508 e. The summed E-state index contributed by atoms with van der Waals surface area (Å²) < 4.78 is 28.1. The van der Waals surface area contributed by atoms with Gasteiger partial charge in [-0.05, 0) is 41.8 Å². The Kier molecular flexibility index (Phi) is 5.48. The normalized spacial score (nSPS) is 17.7. The van der Waals surface area contributed by atoms with Crippen LogP contribution in [0.15, 0.2) is 72.3 Å². The number of nitrogens with zero attached hydrogens (tertiary/aromatic N) is 1. The Morgan fingerprint density at radius 2 is 1.62 bits per heavy atom. The fourth-order valence-electron chi connectivity index (χ4n) is 3.78. The Morgan fingerprint density at radius 3 is 2.22 bits per heavy atom. The van der Waals surface area contributed by atoms with E-state index >= 15 is 0 Å². The lowest BCUT2D eigenvalue weighted by atomic mass is 9.94. The molecule has 4 rings (SSSR count). The summed E-state index contributed by atoms with van der Waals surface area (Å²) in [6, 6.07) is 14.0. The quantitative estimate of drug-likeness (QED) is 0.349. The summed E-state index contributed by atoms with van der Waals surface area (Å²) >= 11 is 0. The van der Waals surface area contributed by atoms with Crippen LogP contribution in [0.1, 0.15) is 29.7 Å². The van der Waals surface area contributed by atoms with Gasteiger partial charge in [-0.3, -0.25) is 14.5 Å². The number of carbonyl (C=O) groups excluding carboxylic acids is 2. The first-order valence-corrected chi connectivity index (χ1v) is 9.96. The number of phenols is 1. The average molecular weight is 435 g/mol. The molecule has 3 aromatic carbocycles. The number of aliphatic hydroxyl groups excluding tert-OH is 1. The minimum absolute atomic E-state index is 0.0474. The van der Waals surface area contributed by atoms with Gasteiger partial charge >= 0.3 is 0 Å². The zero-order valence-corrected chi connectivity index (χ0v) is 17.0. The summed E-state index contributed by atoms with van der Waals surface area (Å²) in [4.78, 5) is 26.9. The van der Waals surface area contributed by atoms with Gasteiger partial charge in [-0.1, -0.05) is 43.3 Å². The van der Waals surface area contributed by atoms with E-state index in [-0.39, 0.29) is 17.0 Å². The molecule has 0 spiro atoms. The molecule has 0 aromatic heterocycles. The second kappa shape index (κ2) is 8.26. The van der Waals surface area contributed by atoms with Gasteiger partial charge in [0.25, 0.3) is 11.7 Å². The molecule has 1 fully saturated rings. The van der Waals surface area contributed by atoms with Crippen LogP contribution in [0.5, 0.6) is 5.75 Å². The van der Waals surface area contributed by atoms with Gasteiger partial charge < -0.3 is 10.2 Å². The third kappa shape index (κ3) is 3.62. The molecule has 1 amide bonds. The molecule has 0 bridgehead atoms. The first-order chi connectivity index (χ1) is 15.3. The molecule has 3 aromatic rings. The number of ketones is 1. The molecule has 7 heteroatoms. The largest absolute Gasteiger partial charge is 0.508 e. The van der Waals surface area contributed by atoms with Crippen LogP contribution in [0.4, 0.5) is 14.5 Å². The lowest BCUT2D eigenvalue weighted by molar-refractivity contribution is -0.132. The van der Waals surface area contributed by atoms with Crippen LogP contribution in [-0.4, -0.2) is 21.9 Å². The zero-order chi connectivity index (χ0) is 23.0. The average Bonchev–Trinajstić information content (AvgIpc) is 3.04. The maximum Gasteiger partial charge on any atom is 0.300 e. The lowest BCUT2D eigenvalue weighted by Gasteiger charge is -2.25. The van der Waals surface area contributed by atoms with Gasteiger partial charge in [0, 0.05) is 11.6 Å². The van der Waals surface area contributed by atoms with Crippen molar-refractivity contribution in [3.05, 3.63) is 101 Å². The van der Waals surface area contributed by atoms with Gasteiger partial charge in [0.05, 0.1) is 17.3 Å². The van der Waals surface area contributed by atoms with Crippen molar-refractivity contribution in [2.24, 2.45) is 0 Å². The Bertz CT molecular complexity index is 1230. The van der Waals surface area contributed by atoms with Crippen LogP contribution in [0.3, 0.4) is 0 Å². The van der Waals surface area contributed by atoms with E-state index in [0.717, 1.165) is 29.0 Å². The predicted molar refractivity (Wildman–Crippen MR) is 115 cm³/mol. The highest BCUT2D eigenvalue weighted by molar-refractivity contribution is 6.51. The summed E-state index contributed by atoms with van der Waals surface area (Å²) in [6.45, 7) is 1.97. The van der Waals surface area contributed by atoms with E-state index in [1.165, 1.54) is 24.3 Å². The maximum atomic E-state index is 14.6. The molecule has 1 atom stereocenters. The molecule has 1 aliphatic rings. The van der Waals surface area contributed by atoms with Gasteiger partial charge in [-0.2, -0.15) is 0 Å². The second-order valence-corrected chi connectivity index (χ2v) is 7.41. The highest BCUT2D eigenvalue weighted by atomic mass is 19.1. The van der Waals surface area contributed by atoms with E-state index in [9.17, 15) is 28.6 Å². The van der Waals surface area contributed by atoms with E-state index in [1.54, 1.807) is 24.3 Å². The van der Waals surface area contributed by atoms with Crippen molar-refractivity contribution >= 4 is 23.1 Å². The van der Waals surface area contributed by atoms with Crippen LogP contribution >= 0.6 is 0 Å². The molecule has 1 aliphatic heterocycles. The molecule has 5 nitrogen and oxygen atoms in total. The van der Waals surface area contributed by atoms with Crippen LogP contribution in [-0.2, 0) is 16.0 Å². The van der Waals surface area contributed by atoms with Crippen molar-refractivity contribution in [3.8, 4) is 5.75 Å². The summed E-state index contributed by atoms with van der Waals surface area (Å²) in [5.74, 6) is -4.37. The van der Waals surface area contributed by atoms with Crippen LogP contribution in [0.2, 0.25) is 0 Å². The number of amides is 1. The zero-order valence-electron chi connectivity index (χ0n) is 17.0. The molecule has 0 saturated carbocycles. The monoisotopic (exact) mass is 435 g/mol. The highest BCUT2D eigenvalue weighted by Crippen LogP contribution is 2.43. The van der Waals surface area contributed by atoms with Crippen LogP contribution in [0, 0.1) is 11.6 Å². The van der Waals surface area contributed by atoms with E-state index in [1.807, 2.05) is 6.92 Å². The maximum absolute atomic E-state index is 14.6. The van der Waals surface area contributed by atoms with Crippen molar-refractivity contribution in [1.82, 2.24) is 0 Å². The molecule has 2 N–H and O–H groups in total. The van der Waals surface area contributed by atoms with Crippen LogP contribution in [0.25, 0.3) is 5.76 Å². The van der Waals surface area contributed by atoms with Crippen LogP contribution < -0.4 is 4.90 Å². The molecular weight excluding hydrogens is 416 g/mol. The number of phenolic OH excluding ortho intramolecular Hbond substituents is 1. The number of aliphatic hydroxyl groups is 1. The van der Waals surface area contributed by atoms with Crippen molar-refractivity contribution < 1.29 is 28.6 Å². The van der Waals surface area contributed by atoms with E-state index in [0.29, 0.717) is 17.2 Å². The third-order valence-corrected chi connectivity index (χ3v) is 5.46. The second-order valence-electron chi connectivity index (χ2n) is 7.41. The molecule has 1 saturated heterocycles. The van der Waals surface area contributed by atoms with Crippen molar-refractivity contribution in [1.29, 1.82) is 0 Å². The third-order valence-electron chi connectivity index (χ3n) is 5.46. The number of hydrogen-bond acceptors (Lipinski definition) is 4. The Hall–Kier alpha value is -4.00. The topological polar surface area (TPSA) is 77.8 Å². The number of benzene rings is 3. The number of carbonyl (C=O) groups is 2. The summed E-state index contributed by atoms with van der Waals surface area (Å²) in [6.07, 6.45) is 0.781. The number of halogens is 2. The molecule has 1 unspecified atom stereocenters. The number of anilines is 1. The fourth-order valence-corrected chi connectivity index (χ4v) is 3.78. The lowest BCUT2D eigenvalue weighted by Crippen LogP contribution is -2.30. The van der Waals surface area contributed by atoms with E-state index in [2.05, 4.69) is 0 Å². The van der Waals surface area contributed by atoms with Gasteiger partial charge in [-0.25, -0.2) is 8.78 Å². The molecular formula is C25H19F2NO4. The summed E-state index contributed by atoms with van der Waals surface area (Å²) in [5, 5.41) is 20.7. The summed E-state index contributed by atoms with van der Waals surface area (Å²) in [7, 11) is 0. The van der Waals surface area contributed by atoms with Gasteiger partial charge in [0.15, 0.2) is 0 Å². The first kappa shape index (κ1) is 21.2. The van der Waals surface area contributed by atoms with Gasteiger partial charge in [0.1, 0.15) is 23.1 Å². The summed E-state index contributed by atoms with van der Waals surface area (Å²) in [5.41, 5.74) is 1.17. The van der Waals surface area contributed by atoms with Gasteiger partial charge in [-0.15, -0.1) is 0 Å². The molecule has 162 valence electrons. The van der Waals surface area contributed by atoms with Crippen molar-refractivity contribution in [2.45, 2.75) is 19.4 Å². The Labute approximate surface area is 182 Å². The standard InChI is InChI=1S/C25H19F2NO4/c1-2-14-3-5-16(6-4-14)23(30)21-22(15-7-10-18(29)11-8-15)28(25(32)24(21)31)20-12-9-17(26)13-19(20)27/h3-13,22,29-30H,2H2,1H3/b23-21+. The Balaban J connectivity index is 1.94. The van der Waals surface area contributed by atoms with Crippen molar-refractivity contribution in [2.75, 3.05) is 4.90 Å². The number of Topliss-reactive ketones (excluding diaryl/α,β-unsaturated/α-hetero) is 1. The SMILES string of the molecule is CCc1ccc(/C(O)=C2\C(=O)C(=O)N(c3ccc(F)cc3F)C2c2ccc(O)cc2)cc1. The number of aromatic hydroxyl groups is 1. The molecule has 0 radical (unpaired) electrons. The van der Waals surface area contributed by atoms with E-state index in [4.69, 9.17) is 0 Å². The van der Waals surface area contributed by atoms with Gasteiger partial charge in [0.2, 0.25) is 0 Å². The smallest absolute Gasteiger partial charge is 0.300 e. The highest BCUT2D eigenvalue weighted by Gasteiger charge is 2.47. The molecule has 1 heterocycles. The molecule has 32 heavy (non-hydrogen) atoms. The Morgan fingerprint density at radius 1 is 0.969 bits per heavy atom. The number of aryl methyl sites for hydroxylation is 1. The predicted octanol–water partition coefficient (Wildman–Crippen LogP) is 4.86. The first-order valence-electron chi connectivity index (χ1n) is 9.96. The fraction of sp³-hybridized carbons (Fsp3) is 0.120. The van der Waals surface area contributed by atoms with Crippen molar-refractivity contribution in [3.63, 3.8) is 0 Å². The van der Waals surface area contributed by atoms with E-state index < -0.39 is 35.1 Å². The number of hydrogen-bond donors (Lipinski definition) is 2. The minimum atomic E-state index is -1.18. The molecule has 0 aliphatic carbocycles. The number of rotatable bonds is 4.